The van der Waals surface area contributed by atoms with Crippen LogP contribution in [0.25, 0.3) is 0 Å². The van der Waals surface area contributed by atoms with E-state index in [1.807, 2.05) is 5.38 Å². The van der Waals surface area contributed by atoms with Crippen molar-refractivity contribution in [3.63, 3.8) is 0 Å². The number of anilines is 2. The highest BCUT2D eigenvalue weighted by molar-refractivity contribution is 7.08. The molecule has 0 fully saturated rings. The number of nitrogens with one attached hydrogen (secondary N) is 1. The van der Waals surface area contributed by atoms with Crippen molar-refractivity contribution in [2.24, 2.45) is 0 Å². The van der Waals surface area contributed by atoms with Crippen LogP contribution in [0.5, 0.6) is 5.75 Å². The average molecular weight is 302 g/mol. The number of carbonyl (C=O) groups is 1. The molecule has 1 heterocycles. The van der Waals surface area contributed by atoms with E-state index in [0.717, 1.165) is 0 Å². The van der Waals surface area contributed by atoms with Crippen molar-refractivity contribution in [1.29, 1.82) is 0 Å². The van der Waals surface area contributed by atoms with Crippen molar-refractivity contribution in [2.45, 2.75) is 6.92 Å². The fourth-order valence-corrected chi connectivity index (χ4v) is 2.53. The Morgan fingerprint density at radius 1 is 1.28 bits per heavy atom. The van der Waals surface area contributed by atoms with E-state index in [0.29, 0.717) is 27.2 Å². The number of halogens is 2. The maximum atomic E-state index is 11.0. The van der Waals surface area contributed by atoms with E-state index < -0.39 is 0 Å². The third-order valence-electron chi connectivity index (χ3n) is 2.10. The van der Waals surface area contributed by atoms with E-state index in [2.05, 4.69) is 5.32 Å². The smallest absolute Gasteiger partial charge is 0.308 e. The van der Waals surface area contributed by atoms with Crippen LogP contribution in [0.2, 0.25) is 10.0 Å². The van der Waals surface area contributed by atoms with Gasteiger partial charge in [-0.15, -0.1) is 11.3 Å². The SMILES string of the molecule is CC(=O)Oc1cscc1Nc1c(Cl)cccc1Cl. The summed E-state index contributed by atoms with van der Waals surface area (Å²) in [6.45, 7) is 1.35. The van der Waals surface area contributed by atoms with Crippen LogP contribution in [-0.4, -0.2) is 5.97 Å². The minimum absolute atomic E-state index is 0.373. The van der Waals surface area contributed by atoms with Crippen molar-refractivity contribution in [1.82, 2.24) is 0 Å². The van der Waals surface area contributed by atoms with Gasteiger partial charge in [-0.2, -0.15) is 0 Å². The Balaban J connectivity index is 2.29. The summed E-state index contributed by atoms with van der Waals surface area (Å²) in [6.07, 6.45) is 0. The molecule has 0 saturated carbocycles. The largest absolute Gasteiger partial charge is 0.424 e. The van der Waals surface area contributed by atoms with Crippen LogP contribution in [0.15, 0.2) is 29.0 Å². The predicted molar refractivity (Wildman–Crippen MR) is 75.4 cm³/mol. The standard InChI is InChI=1S/C12H9Cl2NO2S/c1-7(16)17-11-6-18-5-10(11)15-12-8(13)3-2-4-9(12)14/h2-6,15H,1H3. The number of esters is 1. The van der Waals surface area contributed by atoms with Gasteiger partial charge in [0.2, 0.25) is 0 Å². The van der Waals surface area contributed by atoms with E-state index >= 15 is 0 Å². The lowest BCUT2D eigenvalue weighted by atomic mass is 10.3. The van der Waals surface area contributed by atoms with Gasteiger partial charge in [0.25, 0.3) is 0 Å². The number of ether oxygens (including phenoxy) is 1. The fourth-order valence-electron chi connectivity index (χ4n) is 1.36. The molecule has 0 atom stereocenters. The van der Waals surface area contributed by atoms with Gasteiger partial charge in [0.05, 0.1) is 21.4 Å². The van der Waals surface area contributed by atoms with Gasteiger partial charge in [0.1, 0.15) is 0 Å². The molecule has 0 saturated heterocycles. The molecule has 0 unspecified atom stereocenters. The molecule has 6 heteroatoms. The summed E-state index contributed by atoms with van der Waals surface area (Å²) in [5.41, 5.74) is 1.25. The minimum atomic E-state index is -0.373. The van der Waals surface area contributed by atoms with Crippen LogP contribution in [-0.2, 0) is 4.79 Å². The maximum Gasteiger partial charge on any atom is 0.308 e. The van der Waals surface area contributed by atoms with Gasteiger partial charge in [0, 0.05) is 17.7 Å². The maximum absolute atomic E-state index is 11.0. The van der Waals surface area contributed by atoms with E-state index in [1.165, 1.54) is 18.3 Å². The molecule has 0 bridgehead atoms. The highest BCUT2D eigenvalue weighted by Crippen LogP contribution is 2.37. The second kappa shape index (κ2) is 5.61. The molecule has 2 aromatic rings. The summed E-state index contributed by atoms with van der Waals surface area (Å²) < 4.78 is 5.06. The fraction of sp³-hybridized carbons (Fsp3) is 0.0833. The van der Waals surface area contributed by atoms with Crippen molar-refractivity contribution in [2.75, 3.05) is 5.32 Å². The zero-order chi connectivity index (χ0) is 13.1. The minimum Gasteiger partial charge on any atom is -0.424 e. The molecule has 0 aliphatic heterocycles. The van der Waals surface area contributed by atoms with Gasteiger partial charge in [-0.3, -0.25) is 4.79 Å². The highest BCUT2D eigenvalue weighted by atomic mass is 35.5. The number of benzene rings is 1. The molecule has 94 valence electrons. The lowest BCUT2D eigenvalue weighted by Crippen LogP contribution is -2.02. The van der Waals surface area contributed by atoms with Crippen LogP contribution < -0.4 is 10.1 Å². The lowest BCUT2D eigenvalue weighted by molar-refractivity contribution is -0.131. The number of rotatable bonds is 3. The van der Waals surface area contributed by atoms with E-state index in [4.69, 9.17) is 27.9 Å². The third-order valence-corrected chi connectivity index (χ3v) is 3.45. The first-order chi connectivity index (χ1) is 8.58. The van der Waals surface area contributed by atoms with E-state index in [-0.39, 0.29) is 5.97 Å². The van der Waals surface area contributed by atoms with Gasteiger partial charge in [-0.1, -0.05) is 29.3 Å². The Morgan fingerprint density at radius 3 is 2.56 bits per heavy atom. The summed E-state index contributed by atoms with van der Waals surface area (Å²) in [5.74, 6) is 0.0881. The quantitative estimate of drug-likeness (QED) is 0.833. The highest BCUT2D eigenvalue weighted by Gasteiger charge is 2.11. The second-order valence-corrected chi connectivity index (χ2v) is 5.02. The van der Waals surface area contributed by atoms with Crippen molar-refractivity contribution < 1.29 is 9.53 Å². The summed E-state index contributed by atoms with van der Waals surface area (Å²) in [7, 11) is 0. The molecule has 1 N–H and O–H groups in total. The molecule has 18 heavy (non-hydrogen) atoms. The number of hydrogen-bond acceptors (Lipinski definition) is 4. The summed E-state index contributed by atoms with van der Waals surface area (Å²) in [4.78, 5) is 11.0. The molecule has 0 amide bonds. The molecule has 1 aromatic carbocycles. The van der Waals surface area contributed by atoms with Gasteiger partial charge in [-0.05, 0) is 12.1 Å². The van der Waals surface area contributed by atoms with Crippen LogP contribution >= 0.6 is 34.5 Å². The van der Waals surface area contributed by atoms with Crippen molar-refractivity contribution >= 4 is 51.9 Å². The molecule has 3 nitrogen and oxygen atoms in total. The molecule has 0 radical (unpaired) electrons. The zero-order valence-corrected chi connectivity index (χ0v) is 11.7. The average Bonchev–Trinajstić information content (AvgIpc) is 2.70. The van der Waals surface area contributed by atoms with Crippen LogP contribution in [0.1, 0.15) is 6.92 Å². The van der Waals surface area contributed by atoms with E-state index in [1.54, 1.807) is 23.6 Å². The number of hydrogen-bond donors (Lipinski definition) is 1. The Hall–Kier alpha value is -1.23. The first-order valence-corrected chi connectivity index (χ1v) is 6.73. The molecule has 2 rings (SSSR count). The first kappa shape index (κ1) is 13.2. The van der Waals surface area contributed by atoms with Gasteiger partial charge >= 0.3 is 5.97 Å². The predicted octanol–water partition coefficient (Wildman–Crippen LogP) is 4.72. The van der Waals surface area contributed by atoms with Gasteiger partial charge < -0.3 is 10.1 Å². The van der Waals surface area contributed by atoms with Gasteiger partial charge in [0.15, 0.2) is 5.75 Å². The van der Waals surface area contributed by atoms with Gasteiger partial charge in [-0.25, -0.2) is 0 Å². The molecular weight excluding hydrogens is 293 g/mol. The Bertz CT molecular complexity index is 563. The number of carbonyl (C=O) groups excluding carboxylic acids is 1. The molecule has 0 aliphatic rings. The summed E-state index contributed by atoms with van der Waals surface area (Å²) >= 11 is 13.5. The molecule has 1 aromatic heterocycles. The second-order valence-electron chi connectivity index (χ2n) is 3.47. The Morgan fingerprint density at radius 2 is 1.94 bits per heavy atom. The number of para-hydroxylation sites is 1. The third kappa shape index (κ3) is 2.96. The lowest BCUT2D eigenvalue weighted by Gasteiger charge is -2.10. The first-order valence-electron chi connectivity index (χ1n) is 5.03. The number of thiophene rings is 1. The molecular formula is C12H9Cl2NO2S. The summed E-state index contributed by atoms with van der Waals surface area (Å²) in [6, 6.07) is 5.22. The Labute approximate surface area is 118 Å². The van der Waals surface area contributed by atoms with Crippen LogP contribution in [0.3, 0.4) is 0 Å². The Kier molecular flexibility index (Phi) is 4.11. The van der Waals surface area contributed by atoms with E-state index in [9.17, 15) is 4.79 Å². The van der Waals surface area contributed by atoms with Crippen LogP contribution in [0.4, 0.5) is 11.4 Å². The zero-order valence-electron chi connectivity index (χ0n) is 9.37. The normalized spacial score (nSPS) is 10.2. The van der Waals surface area contributed by atoms with Crippen LogP contribution in [0, 0.1) is 0 Å². The summed E-state index contributed by atoms with van der Waals surface area (Å²) in [5, 5.41) is 7.62. The van der Waals surface area contributed by atoms with Crippen molar-refractivity contribution in [3.8, 4) is 5.75 Å². The molecule has 0 aliphatic carbocycles. The topological polar surface area (TPSA) is 38.3 Å². The van der Waals surface area contributed by atoms with Crippen molar-refractivity contribution in [3.05, 3.63) is 39.0 Å². The monoisotopic (exact) mass is 301 g/mol. The molecule has 0 spiro atoms.